The molecule has 0 fully saturated rings. The molecule has 0 aliphatic rings. The van der Waals surface area contributed by atoms with Gasteiger partial charge in [-0.25, -0.2) is 9.29 Å². The summed E-state index contributed by atoms with van der Waals surface area (Å²) in [6.45, 7) is 4.93. The van der Waals surface area contributed by atoms with E-state index in [1.807, 2.05) is 0 Å². The summed E-state index contributed by atoms with van der Waals surface area (Å²) in [6.07, 6.45) is 0.491. The van der Waals surface area contributed by atoms with Crippen LogP contribution < -0.4 is 4.90 Å². The molecule has 22 heavy (non-hydrogen) atoms. The number of hydrogen-bond acceptors (Lipinski definition) is 4. The highest BCUT2D eigenvalue weighted by atomic mass is 79.9. The van der Waals surface area contributed by atoms with Crippen LogP contribution >= 0.6 is 27.7 Å². The van der Waals surface area contributed by atoms with E-state index in [0.29, 0.717) is 15.8 Å². The zero-order valence-corrected chi connectivity index (χ0v) is 15.0. The lowest BCUT2D eigenvalue weighted by Crippen LogP contribution is -2.36. The second-order valence-electron chi connectivity index (χ2n) is 4.39. The van der Waals surface area contributed by atoms with Gasteiger partial charge in [0.05, 0.1) is 5.69 Å². The highest BCUT2D eigenvalue weighted by Crippen LogP contribution is 2.35. The quantitative estimate of drug-likeness (QED) is 0.704. The fourth-order valence-electron chi connectivity index (χ4n) is 1.69. The third kappa shape index (κ3) is 4.39. The maximum Gasteiger partial charge on any atom is 0.233 e. The molecule has 0 bridgehead atoms. The van der Waals surface area contributed by atoms with Crippen LogP contribution in [0.5, 0.6) is 0 Å². The fourth-order valence-corrected chi connectivity index (χ4v) is 2.96. The van der Waals surface area contributed by atoms with E-state index in [-0.39, 0.29) is 23.6 Å². The first kappa shape index (κ1) is 18.8. The summed E-state index contributed by atoms with van der Waals surface area (Å²) in [5, 5.41) is -0.0894. The molecular formula is C15H17BrFNO3S. The Morgan fingerprint density at radius 2 is 1.64 bits per heavy atom. The molecule has 0 aromatic heterocycles. The van der Waals surface area contributed by atoms with Crippen molar-refractivity contribution < 1.29 is 18.8 Å². The Morgan fingerprint density at radius 1 is 1.09 bits per heavy atom. The third-order valence-corrected chi connectivity index (χ3v) is 4.85. The van der Waals surface area contributed by atoms with Gasteiger partial charge in [0.1, 0.15) is 5.82 Å². The highest BCUT2D eigenvalue weighted by molar-refractivity contribution is 9.10. The van der Waals surface area contributed by atoms with Crippen molar-refractivity contribution in [3.63, 3.8) is 0 Å². The van der Waals surface area contributed by atoms with Crippen LogP contribution in [0.2, 0.25) is 0 Å². The summed E-state index contributed by atoms with van der Waals surface area (Å²) in [7, 11) is 0. The Bertz CT molecular complexity index is 591. The molecule has 0 aliphatic carbocycles. The molecule has 7 heteroatoms. The van der Waals surface area contributed by atoms with Crippen molar-refractivity contribution in [2.45, 2.75) is 44.9 Å². The summed E-state index contributed by atoms with van der Waals surface area (Å²) in [4.78, 5) is 36.9. The summed E-state index contributed by atoms with van der Waals surface area (Å²) < 4.78 is 14.6. The first-order valence-corrected chi connectivity index (χ1v) is 8.52. The number of benzene rings is 1. The minimum absolute atomic E-state index is 0.0810. The van der Waals surface area contributed by atoms with E-state index in [9.17, 15) is 18.8 Å². The van der Waals surface area contributed by atoms with Crippen molar-refractivity contribution >= 4 is 50.3 Å². The largest absolute Gasteiger partial charge is 0.287 e. The summed E-state index contributed by atoms with van der Waals surface area (Å²) in [6, 6.07) is 2.53. The summed E-state index contributed by atoms with van der Waals surface area (Å²) >= 11 is 4.14. The standard InChI is InChI=1S/C15H17BrFNO3S/c1-4-13(19)18(14(20)5-2)11-8-12(22-15(21)6-3)9(16)7-10(11)17/h7-8H,4-6H2,1-3H3. The Labute approximate surface area is 141 Å². The lowest BCUT2D eigenvalue weighted by atomic mass is 10.2. The normalized spacial score (nSPS) is 10.4. The van der Waals surface area contributed by atoms with Gasteiger partial charge in [0.15, 0.2) is 5.12 Å². The van der Waals surface area contributed by atoms with Crippen molar-refractivity contribution in [2.24, 2.45) is 0 Å². The van der Waals surface area contributed by atoms with Gasteiger partial charge in [-0.1, -0.05) is 32.5 Å². The van der Waals surface area contributed by atoms with Gasteiger partial charge >= 0.3 is 0 Å². The Hall–Kier alpha value is -1.21. The van der Waals surface area contributed by atoms with Crippen LogP contribution in [-0.2, 0) is 14.4 Å². The smallest absolute Gasteiger partial charge is 0.233 e. The molecule has 0 atom stereocenters. The van der Waals surface area contributed by atoms with Crippen LogP contribution in [0.3, 0.4) is 0 Å². The van der Waals surface area contributed by atoms with Gasteiger partial charge in [-0.3, -0.25) is 14.4 Å². The number of rotatable bonds is 5. The highest BCUT2D eigenvalue weighted by Gasteiger charge is 2.25. The molecule has 0 saturated carbocycles. The second-order valence-corrected chi connectivity index (χ2v) is 6.35. The Balaban J connectivity index is 3.36. The molecule has 0 spiro atoms. The van der Waals surface area contributed by atoms with Gasteiger partial charge in [0.2, 0.25) is 11.8 Å². The minimum Gasteiger partial charge on any atom is -0.287 e. The lowest BCUT2D eigenvalue weighted by Gasteiger charge is -2.21. The number of hydrogen-bond donors (Lipinski definition) is 0. The monoisotopic (exact) mass is 389 g/mol. The van der Waals surface area contributed by atoms with Gasteiger partial charge in [0, 0.05) is 28.6 Å². The molecule has 2 amide bonds. The summed E-state index contributed by atoms with van der Waals surface area (Å²) in [5.41, 5.74) is -0.117. The van der Waals surface area contributed by atoms with Crippen LogP contribution in [-0.4, -0.2) is 16.9 Å². The molecular weight excluding hydrogens is 373 g/mol. The molecule has 120 valence electrons. The molecule has 1 rings (SSSR count). The molecule has 0 radical (unpaired) electrons. The van der Waals surface area contributed by atoms with Gasteiger partial charge in [-0.05, 0) is 28.1 Å². The van der Waals surface area contributed by atoms with Crippen molar-refractivity contribution in [1.82, 2.24) is 0 Å². The van der Waals surface area contributed by atoms with Crippen molar-refractivity contribution in [3.8, 4) is 0 Å². The van der Waals surface area contributed by atoms with E-state index in [2.05, 4.69) is 15.9 Å². The average Bonchev–Trinajstić information content (AvgIpc) is 2.50. The van der Waals surface area contributed by atoms with Gasteiger partial charge in [0.25, 0.3) is 0 Å². The first-order valence-electron chi connectivity index (χ1n) is 6.91. The van der Waals surface area contributed by atoms with Crippen LogP contribution in [0.1, 0.15) is 40.0 Å². The zero-order chi connectivity index (χ0) is 16.9. The number of nitrogens with zero attached hydrogens (tertiary/aromatic N) is 1. The SMILES string of the molecule is CCC(=O)Sc1cc(N(C(=O)CC)C(=O)CC)c(F)cc1Br. The van der Waals surface area contributed by atoms with Gasteiger partial charge in [-0.15, -0.1) is 0 Å². The number of thioether (sulfide) groups is 1. The number of anilines is 1. The molecule has 0 saturated heterocycles. The number of halogens is 2. The zero-order valence-electron chi connectivity index (χ0n) is 12.6. The predicted octanol–water partition coefficient (Wildman–Crippen LogP) is 4.30. The Kier molecular flexibility index (Phi) is 7.22. The molecule has 1 aromatic rings. The van der Waals surface area contributed by atoms with E-state index >= 15 is 0 Å². The molecule has 0 N–H and O–H groups in total. The van der Waals surface area contributed by atoms with Crippen LogP contribution in [0.15, 0.2) is 21.5 Å². The topological polar surface area (TPSA) is 54.5 Å². The van der Waals surface area contributed by atoms with Crippen LogP contribution in [0.25, 0.3) is 0 Å². The molecule has 0 aliphatic heterocycles. The van der Waals surface area contributed by atoms with E-state index in [4.69, 9.17) is 0 Å². The number of amides is 2. The van der Waals surface area contributed by atoms with E-state index in [0.717, 1.165) is 16.7 Å². The van der Waals surface area contributed by atoms with Crippen molar-refractivity contribution in [2.75, 3.05) is 4.90 Å². The van der Waals surface area contributed by atoms with E-state index in [1.165, 1.54) is 12.1 Å². The maximum absolute atomic E-state index is 14.2. The van der Waals surface area contributed by atoms with Gasteiger partial charge < -0.3 is 0 Å². The van der Waals surface area contributed by atoms with Crippen LogP contribution in [0, 0.1) is 5.82 Å². The average molecular weight is 390 g/mol. The van der Waals surface area contributed by atoms with E-state index < -0.39 is 17.6 Å². The third-order valence-electron chi connectivity index (χ3n) is 2.86. The second kappa shape index (κ2) is 8.43. The predicted molar refractivity (Wildman–Crippen MR) is 88.3 cm³/mol. The molecule has 4 nitrogen and oxygen atoms in total. The first-order chi connectivity index (χ1) is 10.3. The number of carbonyl (C=O) groups is 3. The molecule has 0 heterocycles. The fraction of sp³-hybridized carbons (Fsp3) is 0.400. The van der Waals surface area contributed by atoms with Crippen molar-refractivity contribution in [1.29, 1.82) is 0 Å². The lowest BCUT2D eigenvalue weighted by molar-refractivity contribution is -0.126. The number of carbonyl (C=O) groups excluding carboxylic acids is 3. The summed E-state index contributed by atoms with van der Waals surface area (Å²) in [5.74, 6) is -1.65. The van der Waals surface area contributed by atoms with Crippen LogP contribution in [0.4, 0.5) is 10.1 Å². The Morgan fingerprint density at radius 3 is 2.09 bits per heavy atom. The number of imide groups is 1. The minimum atomic E-state index is -0.691. The molecule has 1 aromatic carbocycles. The maximum atomic E-state index is 14.2. The van der Waals surface area contributed by atoms with Gasteiger partial charge in [-0.2, -0.15) is 0 Å². The van der Waals surface area contributed by atoms with Crippen molar-refractivity contribution in [3.05, 3.63) is 22.4 Å². The van der Waals surface area contributed by atoms with E-state index in [1.54, 1.807) is 20.8 Å². The molecule has 0 unspecified atom stereocenters.